The Morgan fingerprint density at radius 2 is 2.21 bits per heavy atom. The van der Waals surface area contributed by atoms with Crippen molar-refractivity contribution < 1.29 is 4.74 Å². The molecular formula is C16H26N2O. The van der Waals surface area contributed by atoms with Gasteiger partial charge in [-0.2, -0.15) is 0 Å². The monoisotopic (exact) mass is 262 g/mol. The Labute approximate surface area is 116 Å². The third kappa shape index (κ3) is 3.48. The normalized spacial score (nSPS) is 26.1. The van der Waals surface area contributed by atoms with E-state index in [1.54, 1.807) is 7.11 Å². The molecule has 0 amide bonds. The van der Waals surface area contributed by atoms with Gasteiger partial charge in [0, 0.05) is 25.2 Å². The van der Waals surface area contributed by atoms with Crippen molar-refractivity contribution in [2.24, 2.45) is 5.73 Å². The number of nitrogens with two attached hydrogens (primary N) is 1. The molecule has 19 heavy (non-hydrogen) atoms. The largest absolute Gasteiger partial charge is 0.497 e. The van der Waals surface area contributed by atoms with Crippen LogP contribution < -0.4 is 10.5 Å². The number of benzene rings is 1. The van der Waals surface area contributed by atoms with E-state index in [9.17, 15) is 0 Å². The minimum Gasteiger partial charge on any atom is -0.497 e. The van der Waals surface area contributed by atoms with Gasteiger partial charge in [-0.05, 0) is 43.4 Å². The van der Waals surface area contributed by atoms with E-state index in [4.69, 9.17) is 10.5 Å². The van der Waals surface area contributed by atoms with Gasteiger partial charge in [0.25, 0.3) is 0 Å². The average Bonchev–Trinajstić information content (AvgIpc) is 2.45. The van der Waals surface area contributed by atoms with Gasteiger partial charge in [-0.15, -0.1) is 0 Å². The van der Waals surface area contributed by atoms with Gasteiger partial charge in [0.2, 0.25) is 0 Å². The molecule has 2 rings (SSSR count). The van der Waals surface area contributed by atoms with E-state index in [1.807, 2.05) is 6.07 Å². The van der Waals surface area contributed by atoms with Crippen LogP contribution in [0.25, 0.3) is 0 Å². The lowest BCUT2D eigenvalue weighted by atomic mass is 9.87. The molecule has 0 aromatic heterocycles. The van der Waals surface area contributed by atoms with Gasteiger partial charge in [0.1, 0.15) is 5.75 Å². The lowest BCUT2D eigenvalue weighted by Crippen LogP contribution is -2.49. The zero-order valence-electron chi connectivity index (χ0n) is 12.3. The highest BCUT2D eigenvalue weighted by atomic mass is 16.5. The van der Waals surface area contributed by atoms with Gasteiger partial charge in [-0.3, -0.25) is 4.90 Å². The molecule has 0 spiro atoms. The number of nitrogens with zero attached hydrogens (tertiary/aromatic N) is 1. The molecule has 0 saturated carbocycles. The van der Waals surface area contributed by atoms with Crippen molar-refractivity contribution in [3.63, 3.8) is 0 Å². The molecule has 0 radical (unpaired) electrons. The molecule has 1 aliphatic rings. The molecule has 0 bridgehead atoms. The van der Waals surface area contributed by atoms with Gasteiger partial charge >= 0.3 is 0 Å². The lowest BCUT2D eigenvalue weighted by molar-refractivity contribution is 0.140. The highest BCUT2D eigenvalue weighted by Crippen LogP contribution is 2.29. The topological polar surface area (TPSA) is 38.5 Å². The summed E-state index contributed by atoms with van der Waals surface area (Å²) in [6.45, 7) is 6.66. The maximum Gasteiger partial charge on any atom is 0.119 e. The van der Waals surface area contributed by atoms with E-state index < -0.39 is 0 Å². The summed E-state index contributed by atoms with van der Waals surface area (Å²) in [5.74, 6) is 1.46. The van der Waals surface area contributed by atoms with Crippen LogP contribution in [0.5, 0.6) is 5.75 Å². The van der Waals surface area contributed by atoms with Crippen LogP contribution in [0, 0.1) is 0 Å². The zero-order valence-corrected chi connectivity index (χ0v) is 12.3. The Kier molecular flexibility index (Phi) is 4.83. The van der Waals surface area contributed by atoms with Crippen LogP contribution in [-0.2, 0) is 0 Å². The summed E-state index contributed by atoms with van der Waals surface area (Å²) in [7, 11) is 1.72. The Balaban J connectivity index is 2.14. The molecule has 1 aliphatic heterocycles. The van der Waals surface area contributed by atoms with Crippen molar-refractivity contribution in [3.8, 4) is 5.75 Å². The maximum atomic E-state index is 6.24. The number of ether oxygens (including phenoxy) is 1. The van der Waals surface area contributed by atoms with E-state index in [2.05, 4.69) is 36.9 Å². The summed E-state index contributed by atoms with van der Waals surface area (Å²) in [5, 5.41) is 0. The second-order valence-corrected chi connectivity index (χ2v) is 5.68. The first kappa shape index (κ1) is 14.4. The molecule has 1 aromatic rings. The summed E-state index contributed by atoms with van der Waals surface area (Å²) in [6, 6.07) is 9.30. The first-order valence-corrected chi connectivity index (χ1v) is 7.27. The molecule has 3 heteroatoms. The van der Waals surface area contributed by atoms with Crippen LogP contribution >= 0.6 is 0 Å². The van der Waals surface area contributed by atoms with E-state index in [1.165, 1.54) is 12.0 Å². The fourth-order valence-corrected chi connectivity index (χ4v) is 2.93. The van der Waals surface area contributed by atoms with Gasteiger partial charge in [0.05, 0.1) is 7.11 Å². The summed E-state index contributed by atoms with van der Waals surface area (Å²) in [4.78, 5) is 2.53. The lowest BCUT2D eigenvalue weighted by Gasteiger charge is -2.39. The second kappa shape index (κ2) is 6.40. The van der Waals surface area contributed by atoms with Crippen molar-refractivity contribution in [1.82, 2.24) is 4.90 Å². The Hall–Kier alpha value is -1.06. The third-order valence-corrected chi connectivity index (χ3v) is 4.29. The molecule has 3 nitrogen and oxygen atoms in total. The maximum absolute atomic E-state index is 6.24. The number of hydrogen-bond acceptors (Lipinski definition) is 3. The standard InChI is InChI=1S/C16H26N2O/c1-4-12(2)18-10-14(8-15(17)11-18)13-6-5-7-16(9-13)19-3/h5-7,9,12,14-15H,4,8,10-11,17H2,1-3H3. The van der Waals surface area contributed by atoms with E-state index >= 15 is 0 Å². The van der Waals surface area contributed by atoms with Gasteiger partial charge in [0.15, 0.2) is 0 Å². The average molecular weight is 262 g/mol. The molecule has 0 aliphatic carbocycles. The Morgan fingerprint density at radius 1 is 1.42 bits per heavy atom. The van der Waals surface area contributed by atoms with Crippen molar-refractivity contribution in [3.05, 3.63) is 29.8 Å². The zero-order chi connectivity index (χ0) is 13.8. The first-order valence-electron chi connectivity index (χ1n) is 7.27. The molecule has 1 fully saturated rings. The number of methoxy groups -OCH3 is 1. The fourth-order valence-electron chi connectivity index (χ4n) is 2.93. The van der Waals surface area contributed by atoms with Crippen LogP contribution in [0.4, 0.5) is 0 Å². The van der Waals surface area contributed by atoms with Crippen LogP contribution in [0.3, 0.4) is 0 Å². The molecule has 1 heterocycles. The summed E-state index contributed by atoms with van der Waals surface area (Å²) >= 11 is 0. The van der Waals surface area contributed by atoms with Gasteiger partial charge in [-0.1, -0.05) is 19.1 Å². The molecule has 1 aromatic carbocycles. The van der Waals surface area contributed by atoms with Crippen LogP contribution in [0.2, 0.25) is 0 Å². The fraction of sp³-hybridized carbons (Fsp3) is 0.625. The quantitative estimate of drug-likeness (QED) is 0.906. The van der Waals surface area contributed by atoms with Crippen molar-refractivity contribution in [2.75, 3.05) is 20.2 Å². The molecule has 3 atom stereocenters. The summed E-state index contributed by atoms with van der Waals surface area (Å²) in [5.41, 5.74) is 7.59. The molecule has 2 N–H and O–H groups in total. The molecule has 1 saturated heterocycles. The molecule has 106 valence electrons. The van der Waals surface area contributed by atoms with Crippen molar-refractivity contribution in [2.45, 2.75) is 44.7 Å². The number of likely N-dealkylation sites (tertiary alicyclic amines) is 1. The van der Waals surface area contributed by atoms with E-state index in [0.29, 0.717) is 12.0 Å². The van der Waals surface area contributed by atoms with E-state index in [-0.39, 0.29) is 6.04 Å². The SMILES string of the molecule is CCC(C)N1CC(N)CC(c2cccc(OC)c2)C1. The number of hydrogen-bond donors (Lipinski definition) is 1. The molecule has 3 unspecified atom stereocenters. The Morgan fingerprint density at radius 3 is 2.89 bits per heavy atom. The summed E-state index contributed by atoms with van der Waals surface area (Å²) < 4.78 is 5.32. The predicted octanol–water partition coefficient (Wildman–Crippen LogP) is 2.61. The van der Waals surface area contributed by atoms with E-state index in [0.717, 1.165) is 25.3 Å². The van der Waals surface area contributed by atoms with Crippen LogP contribution in [0.15, 0.2) is 24.3 Å². The van der Waals surface area contributed by atoms with Gasteiger partial charge < -0.3 is 10.5 Å². The minimum atomic E-state index is 0.277. The Bertz CT molecular complexity index is 407. The van der Waals surface area contributed by atoms with Crippen LogP contribution in [0.1, 0.15) is 38.2 Å². The molecular weight excluding hydrogens is 236 g/mol. The van der Waals surface area contributed by atoms with Crippen molar-refractivity contribution in [1.29, 1.82) is 0 Å². The van der Waals surface area contributed by atoms with Crippen molar-refractivity contribution >= 4 is 0 Å². The predicted molar refractivity (Wildman–Crippen MR) is 79.7 cm³/mol. The third-order valence-electron chi connectivity index (χ3n) is 4.29. The van der Waals surface area contributed by atoms with Crippen LogP contribution in [-0.4, -0.2) is 37.2 Å². The number of rotatable bonds is 4. The minimum absolute atomic E-state index is 0.277. The number of piperidine rings is 1. The van der Waals surface area contributed by atoms with Gasteiger partial charge in [-0.25, -0.2) is 0 Å². The summed E-state index contributed by atoms with van der Waals surface area (Å²) in [6.07, 6.45) is 2.25. The smallest absolute Gasteiger partial charge is 0.119 e. The highest BCUT2D eigenvalue weighted by molar-refractivity contribution is 5.31. The first-order chi connectivity index (χ1) is 9.13. The highest BCUT2D eigenvalue weighted by Gasteiger charge is 2.28. The second-order valence-electron chi connectivity index (χ2n) is 5.68.